The van der Waals surface area contributed by atoms with Gasteiger partial charge in [-0.25, -0.2) is 0 Å². The summed E-state index contributed by atoms with van der Waals surface area (Å²) in [6.07, 6.45) is 3.04. The third kappa shape index (κ3) is 2.61. The lowest BCUT2D eigenvalue weighted by Gasteiger charge is -2.26. The van der Waals surface area contributed by atoms with E-state index >= 15 is 0 Å². The number of rotatable bonds is 4. The quantitative estimate of drug-likeness (QED) is 0.774. The van der Waals surface area contributed by atoms with Gasteiger partial charge in [-0.2, -0.15) is 0 Å². The van der Waals surface area contributed by atoms with Crippen molar-refractivity contribution in [3.63, 3.8) is 0 Å². The van der Waals surface area contributed by atoms with Crippen LogP contribution in [0.1, 0.15) is 11.6 Å². The Morgan fingerprint density at radius 3 is 2.58 bits per heavy atom. The number of anilines is 1. The Kier molecular flexibility index (Phi) is 3.93. The molecule has 1 aromatic heterocycles. The highest BCUT2D eigenvalue weighted by molar-refractivity contribution is 6.07. The first-order chi connectivity index (χ1) is 12.7. The lowest BCUT2D eigenvalue weighted by molar-refractivity contribution is -0.117. The van der Waals surface area contributed by atoms with E-state index in [2.05, 4.69) is 5.16 Å². The van der Waals surface area contributed by atoms with Crippen molar-refractivity contribution in [1.82, 2.24) is 5.16 Å². The summed E-state index contributed by atoms with van der Waals surface area (Å²) in [6.45, 7) is 0. The molecule has 0 saturated carbocycles. The molecule has 26 heavy (non-hydrogen) atoms. The fraction of sp³-hybridized carbons (Fsp3) is 0.100. The largest absolute Gasteiger partial charge is 0.503 e. The van der Waals surface area contributed by atoms with Gasteiger partial charge in [0.05, 0.1) is 13.2 Å². The molecule has 1 amide bonds. The van der Waals surface area contributed by atoms with Crippen molar-refractivity contribution in [3.8, 4) is 17.0 Å². The van der Waals surface area contributed by atoms with Crippen LogP contribution in [-0.4, -0.2) is 23.3 Å². The fourth-order valence-corrected chi connectivity index (χ4v) is 3.12. The number of benzene rings is 2. The number of carbonyl (C=O) groups excluding carboxylic acids is 1. The molecule has 3 aromatic rings. The molecule has 6 nitrogen and oxygen atoms in total. The molecule has 6 heteroatoms. The third-order valence-electron chi connectivity index (χ3n) is 4.37. The number of hydrogen-bond donors (Lipinski definition) is 1. The number of amides is 1. The Morgan fingerprint density at radius 2 is 1.88 bits per heavy atom. The SMILES string of the molecule is COc1ccccc1C1C=C(O)C(=O)N1c1ccc(-c2ccon2)cc1. The Hall–Kier alpha value is -3.54. The first kappa shape index (κ1) is 16.0. The summed E-state index contributed by atoms with van der Waals surface area (Å²) < 4.78 is 10.3. The van der Waals surface area contributed by atoms with Crippen LogP contribution in [0, 0.1) is 0 Å². The molecule has 1 aliphatic heterocycles. The minimum Gasteiger partial charge on any atom is -0.503 e. The Bertz CT molecular complexity index is 962. The van der Waals surface area contributed by atoms with Crippen LogP contribution in [0.25, 0.3) is 11.3 Å². The van der Waals surface area contributed by atoms with Crippen molar-refractivity contribution in [1.29, 1.82) is 0 Å². The molecule has 0 radical (unpaired) electrons. The molecule has 1 N–H and O–H groups in total. The van der Waals surface area contributed by atoms with Gasteiger partial charge >= 0.3 is 0 Å². The monoisotopic (exact) mass is 348 g/mol. The maximum atomic E-state index is 12.5. The molecule has 2 aromatic carbocycles. The minimum atomic E-state index is -0.449. The Morgan fingerprint density at radius 1 is 1.12 bits per heavy atom. The van der Waals surface area contributed by atoms with E-state index in [9.17, 15) is 9.90 Å². The molecule has 4 rings (SSSR count). The van der Waals surface area contributed by atoms with Gasteiger partial charge in [0, 0.05) is 22.9 Å². The van der Waals surface area contributed by atoms with Crippen LogP contribution >= 0.6 is 0 Å². The standard InChI is InChI=1S/C20H16N2O4/c1-25-19-5-3-2-4-15(19)17-12-18(23)20(24)22(17)14-8-6-13(7-9-14)16-10-11-26-21-16/h2-12,17,23H,1H3. The summed E-state index contributed by atoms with van der Waals surface area (Å²) in [5.41, 5.74) is 3.05. The molecule has 130 valence electrons. The van der Waals surface area contributed by atoms with Gasteiger partial charge in [-0.3, -0.25) is 9.69 Å². The summed E-state index contributed by atoms with van der Waals surface area (Å²) >= 11 is 0. The van der Waals surface area contributed by atoms with Crippen LogP contribution in [-0.2, 0) is 4.79 Å². The molecule has 0 fully saturated rings. The van der Waals surface area contributed by atoms with Crippen LogP contribution in [0.4, 0.5) is 5.69 Å². The topological polar surface area (TPSA) is 75.8 Å². The molecular weight excluding hydrogens is 332 g/mol. The lowest BCUT2D eigenvalue weighted by atomic mass is 10.0. The van der Waals surface area contributed by atoms with Crippen LogP contribution < -0.4 is 9.64 Å². The van der Waals surface area contributed by atoms with Gasteiger partial charge in [-0.15, -0.1) is 0 Å². The van der Waals surface area contributed by atoms with E-state index in [4.69, 9.17) is 9.26 Å². The first-order valence-electron chi connectivity index (χ1n) is 8.07. The average Bonchev–Trinajstić information content (AvgIpc) is 3.31. The zero-order valence-electron chi connectivity index (χ0n) is 14.0. The number of nitrogens with zero attached hydrogens (tertiary/aromatic N) is 2. The highest BCUT2D eigenvalue weighted by atomic mass is 16.5. The van der Waals surface area contributed by atoms with Crippen molar-refractivity contribution in [2.75, 3.05) is 12.0 Å². The zero-order chi connectivity index (χ0) is 18.1. The van der Waals surface area contributed by atoms with E-state index in [0.29, 0.717) is 17.1 Å². The van der Waals surface area contributed by atoms with Gasteiger partial charge in [-0.1, -0.05) is 35.5 Å². The van der Waals surface area contributed by atoms with Crippen molar-refractivity contribution in [2.24, 2.45) is 0 Å². The smallest absolute Gasteiger partial charge is 0.293 e. The van der Waals surface area contributed by atoms with E-state index in [1.807, 2.05) is 48.5 Å². The molecule has 1 atom stereocenters. The van der Waals surface area contributed by atoms with E-state index in [1.165, 1.54) is 12.3 Å². The predicted octanol–water partition coefficient (Wildman–Crippen LogP) is 3.88. The highest BCUT2D eigenvalue weighted by Crippen LogP contribution is 2.39. The molecular formula is C20H16N2O4. The zero-order valence-corrected chi connectivity index (χ0v) is 14.0. The number of methoxy groups -OCH3 is 1. The predicted molar refractivity (Wildman–Crippen MR) is 95.9 cm³/mol. The summed E-state index contributed by atoms with van der Waals surface area (Å²) in [7, 11) is 1.58. The number of ether oxygens (including phenoxy) is 1. The summed E-state index contributed by atoms with van der Waals surface area (Å²) in [5, 5.41) is 13.9. The van der Waals surface area contributed by atoms with E-state index in [1.54, 1.807) is 18.1 Å². The minimum absolute atomic E-state index is 0.276. The number of carbonyl (C=O) groups is 1. The number of para-hydroxylation sites is 1. The van der Waals surface area contributed by atoms with Crippen LogP contribution in [0.3, 0.4) is 0 Å². The second kappa shape index (κ2) is 6.40. The first-order valence-corrected chi connectivity index (χ1v) is 8.07. The summed E-state index contributed by atoms with van der Waals surface area (Å²) in [4.78, 5) is 14.1. The highest BCUT2D eigenvalue weighted by Gasteiger charge is 2.35. The number of aliphatic hydroxyl groups excluding tert-OH is 1. The van der Waals surface area contributed by atoms with Crippen molar-refractivity contribution >= 4 is 11.6 Å². The molecule has 2 heterocycles. The second-order valence-corrected chi connectivity index (χ2v) is 5.85. The number of aliphatic hydroxyl groups is 1. The maximum absolute atomic E-state index is 12.5. The van der Waals surface area contributed by atoms with Crippen molar-refractivity contribution < 1.29 is 19.2 Å². The van der Waals surface area contributed by atoms with Gasteiger partial charge in [0.1, 0.15) is 17.7 Å². The second-order valence-electron chi connectivity index (χ2n) is 5.85. The van der Waals surface area contributed by atoms with Gasteiger partial charge < -0.3 is 14.4 Å². The summed E-state index contributed by atoms with van der Waals surface area (Å²) in [6, 6.07) is 16.1. The van der Waals surface area contributed by atoms with E-state index < -0.39 is 11.9 Å². The normalized spacial score (nSPS) is 16.7. The average molecular weight is 348 g/mol. The summed E-state index contributed by atoms with van der Waals surface area (Å²) in [5.74, 6) is -0.0722. The Balaban J connectivity index is 1.73. The number of hydrogen-bond acceptors (Lipinski definition) is 5. The van der Waals surface area contributed by atoms with Crippen molar-refractivity contribution in [2.45, 2.75) is 6.04 Å². The van der Waals surface area contributed by atoms with Gasteiger partial charge in [0.15, 0.2) is 5.76 Å². The molecule has 0 aliphatic carbocycles. The number of aromatic nitrogens is 1. The van der Waals surface area contributed by atoms with Gasteiger partial charge in [0.25, 0.3) is 5.91 Å². The van der Waals surface area contributed by atoms with Crippen LogP contribution in [0.2, 0.25) is 0 Å². The molecule has 0 spiro atoms. The maximum Gasteiger partial charge on any atom is 0.293 e. The molecule has 0 bridgehead atoms. The van der Waals surface area contributed by atoms with Crippen LogP contribution in [0.5, 0.6) is 5.75 Å². The lowest BCUT2D eigenvalue weighted by Crippen LogP contribution is -2.29. The molecule has 1 aliphatic rings. The third-order valence-corrected chi connectivity index (χ3v) is 4.37. The van der Waals surface area contributed by atoms with E-state index in [-0.39, 0.29) is 5.76 Å². The Labute approximate surface area is 149 Å². The van der Waals surface area contributed by atoms with Crippen LogP contribution in [0.15, 0.2) is 77.2 Å². The van der Waals surface area contributed by atoms with Gasteiger partial charge in [-0.05, 0) is 24.3 Å². The fourth-order valence-electron chi connectivity index (χ4n) is 3.12. The van der Waals surface area contributed by atoms with E-state index in [0.717, 1.165) is 11.1 Å². The van der Waals surface area contributed by atoms with Gasteiger partial charge in [0.2, 0.25) is 0 Å². The molecule has 1 unspecified atom stereocenters. The van der Waals surface area contributed by atoms with Crippen molar-refractivity contribution in [3.05, 3.63) is 78.3 Å². The molecule has 0 saturated heterocycles.